The van der Waals surface area contributed by atoms with Crippen molar-refractivity contribution in [3.05, 3.63) is 0 Å². The fraction of sp³-hybridized carbons (Fsp3) is 1.00. The Morgan fingerprint density at radius 1 is 1.36 bits per heavy atom. The highest BCUT2D eigenvalue weighted by Gasteiger charge is 2.16. The van der Waals surface area contributed by atoms with Crippen molar-refractivity contribution in [3.8, 4) is 0 Å². The first-order valence-electron chi connectivity index (χ1n) is 4.63. The predicted octanol–water partition coefficient (Wildman–Crippen LogP) is 1.32. The van der Waals surface area contributed by atoms with E-state index in [4.69, 9.17) is 0 Å². The summed E-state index contributed by atoms with van der Waals surface area (Å²) in [5, 5.41) is 3.58. The molecule has 0 radical (unpaired) electrons. The van der Waals surface area contributed by atoms with E-state index < -0.39 is 0 Å². The van der Waals surface area contributed by atoms with E-state index in [0.29, 0.717) is 6.04 Å². The molecule has 0 atom stereocenters. The molecule has 11 heavy (non-hydrogen) atoms. The van der Waals surface area contributed by atoms with Crippen LogP contribution in [0.4, 0.5) is 0 Å². The van der Waals surface area contributed by atoms with Crippen molar-refractivity contribution >= 4 is 0 Å². The van der Waals surface area contributed by atoms with Gasteiger partial charge in [-0.2, -0.15) is 0 Å². The molecular weight excluding hydrogens is 136 g/mol. The zero-order valence-electron chi connectivity index (χ0n) is 7.93. The van der Waals surface area contributed by atoms with E-state index in [1.54, 1.807) is 0 Å². The Kier molecular flexibility index (Phi) is 3.34. The SMILES string of the molecule is CC(C)NC1CCN(C)CC1.[HH]. The molecule has 0 aromatic carbocycles. The Morgan fingerprint density at radius 3 is 2.36 bits per heavy atom. The summed E-state index contributed by atoms with van der Waals surface area (Å²) in [5.74, 6) is 0. The molecule has 1 fully saturated rings. The van der Waals surface area contributed by atoms with Gasteiger partial charge >= 0.3 is 0 Å². The summed E-state index contributed by atoms with van der Waals surface area (Å²) >= 11 is 0. The summed E-state index contributed by atoms with van der Waals surface area (Å²) in [6.45, 7) is 6.95. The summed E-state index contributed by atoms with van der Waals surface area (Å²) in [7, 11) is 2.20. The molecule has 1 aliphatic heterocycles. The molecule has 1 aliphatic rings. The molecule has 2 heteroatoms. The number of likely N-dealkylation sites (tertiary alicyclic amines) is 1. The smallest absolute Gasteiger partial charge is 0.00937 e. The number of hydrogen-bond donors (Lipinski definition) is 1. The minimum atomic E-state index is 0. The molecule has 0 bridgehead atoms. The van der Waals surface area contributed by atoms with Crippen LogP contribution >= 0.6 is 0 Å². The van der Waals surface area contributed by atoms with Crippen molar-refractivity contribution in [2.45, 2.75) is 38.8 Å². The lowest BCUT2D eigenvalue weighted by Crippen LogP contribution is -2.43. The van der Waals surface area contributed by atoms with E-state index in [0.717, 1.165) is 6.04 Å². The van der Waals surface area contributed by atoms with Gasteiger partial charge in [0.05, 0.1) is 0 Å². The van der Waals surface area contributed by atoms with E-state index in [2.05, 4.69) is 31.1 Å². The predicted molar refractivity (Wildman–Crippen MR) is 50.9 cm³/mol. The van der Waals surface area contributed by atoms with E-state index in [1.165, 1.54) is 25.9 Å². The Hall–Kier alpha value is -0.0800. The van der Waals surface area contributed by atoms with Crippen LogP contribution in [0.25, 0.3) is 0 Å². The lowest BCUT2D eigenvalue weighted by molar-refractivity contribution is 0.228. The average molecular weight is 158 g/mol. The first-order valence-corrected chi connectivity index (χ1v) is 4.63. The summed E-state index contributed by atoms with van der Waals surface area (Å²) < 4.78 is 0. The van der Waals surface area contributed by atoms with Gasteiger partial charge in [0.15, 0.2) is 0 Å². The van der Waals surface area contributed by atoms with Crippen molar-refractivity contribution in [2.24, 2.45) is 0 Å². The van der Waals surface area contributed by atoms with Crippen LogP contribution in [0.2, 0.25) is 0 Å². The molecule has 2 nitrogen and oxygen atoms in total. The number of rotatable bonds is 2. The molecular formula is C9H22N2. The highest BCUT2D eigenvalue weighted by Crippen LogP contribution is 2.08. The Bertz CT molecular complexity index is 109. The molecule has 0 amide bonds. The molecule has 0 saturated carbocycles. The molecule has 1 heterocycles. The van der Waals surface area contributed by atoms with Crippen LogP contribution in [0, 0.1) is 0 Å². The third-order valence-electron chi connectivity index (χ3n) is 2.29. The highest BCUT2D eigenvalue weighted by atomic mass is 15.1. The zero-order valence-corrected chi connectivity index (χ0v) is 7.93. The molecule has 0 aromatic heterocycles. The number of piperidine rings is 1. The zero-order chi connectivity index (χ0) is 8.27. The second kappa shape index (κ2) is 4.07. The Morgan fingerprint density at radius 2 is 1.91 bits per heavy atom. The largest absolute Gasteiger partial charge is 0.312 e. The van der Waals surface area contributed by atoms with Crippen molar-refractivity contribution in [1.82, 2.24) is 10.2 Å². The summed E-state index contributed by atoms with van der Waals surface area (Å²) in [5.41, 5.74) is 0. The summed E-state index contributed by atoms with van der Waals surface area (Å²) in [6, 6.07) is 1.41. The van der Waals surface area contributed by atoms with Crippen LogP contribution in [0.5, 0.6) is 0 Å². The van der Waals surface area contributed by atoms with Crippen molar-refractivity contribution in [1.29, 1.82) is 0 Å². The third-order valence-corrected chi connectivity index (χ3v) is 2.29. The lowest BCUT2D eigenvalue weighted by atomic mass is 10.1. The van der Waals surface area contributed by atoms with E-state index in [1.807, 2.05) is 0 Å². The average Bonchev–Trinajstić information content (AvgIpc) is 1.93. The number of nitrogens with zero attached hydrogens (tertiary/aromatic N) is 1. The molecule has 68 valence electrons. The first-order chi connectivity index (χ1) is 5.18. The minimum Gasteiger partial charge on any atom is -0.312 e. The number of hydrogen-bond acceptors (Lipinski definition) is 2. The second-order valence-electron chi connectivity index (χ2n) is 3.90. The van der Waals surface area contributed by atoms with Gasteiger partial charge < -0.3 is 10.2 Å². The Labute approximate surface area is 71.4 Å². The van der Waals surface area contributed by atoms with Gasteiger partial charge in [0.1, 0.15) is 0 Å². The fourth-order valence-electron chi connectivity index (χ4n) is 1.65. The monoisotopic (exact) mass is 158 g/mol. The van der Waals surface area contributed by atoms with E-state index >= 15 is 0 Å². The fourth-order valence-corrected chi connectivity index (χ4v) is 1.65. The number of nitrogens with one attached hydrogen (secondary N) is 1. The van der Waals surface area contributed by atoms with Gasteiger partial charge in [0.2, 0.25) is 0 Å². The maximum Gasteiger partial charge on any atom is 0.00937 e. The highest BCUT2D eigenvalue weighted by molar-refractivity contribution is 4.76. The standard InChI is InChI=1S/C9H20N2.H2/c1-8(2)10-9-4-6-11(3)7-5-9;/h8-10H,4-7H2,1-3H3;1H. The molecule has 0 spiro atoms. The van der Waals surface area contributed by atoms with Gasteiger partial charge in [-0.05, 0) is 33.0 Å². The van der Waals surface area contributed by atoms with Gasteiger partial charge in [-0.3, -0.25) is 0 Å². The topological polar surface area (TPSA) is 15.3 Å². The van der Waals surface area contributed by atoms with E-state index in [9.17, 15) is 0 Å². The minimum absolute atomic E-state index is 0. The van der Waals surface area contributed by atoms with Crippen molar-refractivity contribution in [2.75, 3.05) is 20.1 Å². The van der Waals surface area contributed by atoms with Crippen LogP contribution in [0.15, 0.2) is 0 Å². The first kappa shape index (κ1) is 9.01. The maximum absolute atomic E-state index is 3.58. The normalized spacial score (nSPS) is 22.9. The third kappa shape index (κ3) is 3.21. The Balaban J connectivity index is 0.00000121. The second-order valence-corrected chi connectivity index (χ2v) is 3.90. The summed E-state index contributed by atoms with van der Waals surface area (Å²) in [6.07, 6.45) is 2.63. The van der Waals surface area contributed by atoms with Gasteiger partial charge in [0, 0.05) is 13.5 Å². The van der Waals surface area contributed by atoms with Gasteiger partial charge in [-0.15, -0.1) is 0 Å². The molecule has 1 N–H and O–H groups in total. The quantitative estimate of drug-likeness (QED) is 0.652. The van der Waals surface area contributed by atoms with Gasteiger partial charge in [-0.25, -0.2) is 0 Å². The van der Waals surface area contributed by atoms with Crippen LogP contribution in [0.3, 0.4) is 0 Å². The van der Waals surface area contributed by atoms with Crippen molar-refractivity contribution < 1.29 is 1.43 Å². The van der Waals surface area contributed by atoms with Gasteiger partial charge in [0.25, 0.3) is 0 Å². The van der Waals surface area contributed by atoms with Crippen molar-refractivity contribution in [3.63, 3.8) is 0 Å². The van der Waals surface area contributed by atoms with Crippen LogP contribution < -0.4 is 5.32 Å². The van der Waals surface area contributed by atoms with Gasteiger partial charge in [-0.1, -0.05) is 13.8 Å². The molecule has 1 rings (SSSR count). The maximum atomic E-state index is 3.58. The summed E-state index contributed by atoms with van der Waals surface area (Å²) in [4.78, 5) is 2.40. The molecule has 0 aromatic rings. The van der Waals surface area contributed by atoms with Crippen LogP contribution in [-0.4, -0.2) is 37.1 Å². The van der Waals surface area contributed by atoms with Crippen LogP contribution in [0.1, 0.15) is 28.1 Å². The molecule has 0 unspecified atom stereocenters. The van der Waals surface area contributed by atoms with Crippen LogP contribution in [-0.2, 0) is 0 Å². The molecule has 0 aliphatic carbocycles. The lowest BCUT2D eigenvalue weighted by Gasteiger charge is -2.30. The van der Waals surface area contributed by atoms with E-state index in [-0.39, 0.29) is 1.43 Å². The molecule has 1 saturated heterocycles.